The second-order valence-electron chi connectivity index (χ2n) is 4.63. The molecular formula is C14H16F3N3S. The molecule has 0 saturated carbocycles. The molecule has 2 aromatic rings. The summed E-state index contributed by atoms with van der Waals surface area (Å²) >= 11 is 0.676. The molecule has 0 aliphatic carbocycles. The first-order valence-corrected chi connectivity index (χ1v) is 7.43. The lowest BCUT2D eigenvalue weighted by atomic mass is 10.0. The third-order valence-corrected chi connectivity index (χ3v) is 4.11. The smallest absolute Gasteiger partial charge is 0.305 e. The summed E-state index contributed by atoms with van der Waals surface area (Å²) in [7, 11) is 0. The Balaban J connectivity index is 2.37. The Morgan fingerprint density at radius 2 is 2.10 bits per heavy atom. The zero-order valence-corrected chi connectivity index (χ0v) is 12.6. The summed E-state index contributed by atoms with van der Waals surface area (Å²) in [5, 5.41) is 2.45. The van der Waals surface area contributed by atoms with Gasteiger partial charge in [-0.3, -0.25) is 4.98 Å². The SMILES string of the molecule is CCCNC(c1cnc(C(F)(F)F)s1)c1cccnc1C. The third kappa shape index (κ3) is 3.79. The number of alkyl halides is 3. The molecule has 2 heterocycles. The highest BCUT2D eigenvalue weighted by Gasteiger charge is 2.35. The van der Waals surface area contributed by atoms with E-state index in [2.05, 4.69) is 15.3 Å². The number of nitrogens with one attached hydrogen (secondary N) is 1. The molecule has 2 aromatic heterocycles. The van der Waals surface area contributed by atoms with E-state index in [1.54, 1.807) is 12.3 Å². The number of aromatic nitrogens is 2. The van der Waals surface area contributed by atoms with E-state index < -0.39 is 11.2 Å². The van der Waals surface area contributed by atoms with Gasteiger partial charge in [0.15, 0.2) is 5.01 Å². The van der Waals surface area contributed by atoms with Crippen molar-refractivity contribution in [1.29, 1.82) is 0 Å². The van der Waals surface area contributed by atoms with Crippen LogP contribution < -0.4 is 5.32 Å². The van der Waals surface area contributed by atoms with Gasteiger partial charge in [-0.2, -0.15) is 13.2 Å². The van der Waals surface area contributed by atoms with E-state index in [1.807, 2.05) is 19.9 Å². The fourth-order valence-corrected chi connectivity index (χ4v) is 2.88. The predicted octanol–water partition coefficient (Wildman–Crippen LogP) is 3.95. The van der Waals surface area contributed by atoms with Gasteiger partial charge in [0.1, 0.15) is 0 Å². The number of thiazole rings is 1. The van der Waals surface area contributed by atoms with Crippen LogP contribution >= 0.6 is 11.3 Å². The van der Waals surface area contributed by atoms with Crippen LogP contribution in [0.1, 0.15) is 40.5 Å². The highest BCUT2D eigenvalue weighted by atomic mass is 32.1. The summed E-state index contributed by atoms with van der Waals surface area (Å²) in [6, 6.07) is 3.35. The number of pyridine rings is 1. The summed E-state index contributed by atoms with van der Waals surface area (Å²) in [6.45, 7) is 4.56. The van der Waals surface area contributed by atoms with Crippen LogP contribution in [0, 0.1) is 6.92 Å². The number of hydrogen-bond donors (Lipinski definition) is 1. The van der Waals surface area contributed by atoms with Crippen LogP contribution in [0.3, 0.4) is 0 Å². The molecule has 1 N–H and O–H groups in total. The fraction of sp³-hybridized carbons (Fsp3) is 0.429. The molecule has 0 aliphatic rings. The molecule has 0 saturated heterocycles. The number of aryl methyl sites for hydroxylation is 1. The van der Waals surface area contributed by atoms with Crippen LogP contribution in [0.5, 0.6) is 0 Å². The first-order chi connectivity index (χ1) is 9.93. The van der Waals surface area contributed by atoms with Crippen molar-refractivity contribution in [1.82, 2.24) is 15.3 Å². The number of hydrogen-bond acceptors (Lipinski definition) is 4. The monoisotopic (exact) mass is 315 g/mol. The van der Waals surface area contributed by atoms with Crippen LogP contribution in [-0.4, -0.2) is 16.5 Å². The average molecular weight is 315 g/mol. The van der Waals surface area contributed by atoms with Gasteiger partial charge in [-0.1, -0.05) is 13.0 Å². The van der Waals surface area contributed by atoms with Gasteiger partial charge in [-0.05, 0) is 31.5 Å². The van der Waals surface area contributed by atoms with Crippen LogP contribution in [0.2, 0.25) is 0 Å². The molecule has 0 radical (unpaired) electrons. The van der Waals surface area contributed by atoms with Gasteiger partial charge in [-0.15, -0.1) is 11.3 Å². The van der Waals surface area contributed by atoms with E-state index in [0.717, 1.165) is 17.7 Å². The van der Waals surface area contributed by atoms with Gasteiger partial charge in [0.05, 0.1) is 6.04 Å². The van der Waals surface area contributed by atoms with E-state index in [9.17, 15) is 13.2 Å². The molecule has 0 aliphatic heterocycles. The van der Waals surface area contributed by atoms with Crippen molar-refractivity contribution < 1.29 is 13.2 Å². The van der Waals surface area contributed by atoms with Crippen molar-refractivity contribution >= 4 is 11.3 Å². The Labute approximate surface area is 125 Å². The molecule has 1 atom stereocenters. The minimum atomic E-state index is -4.40. The second kappa shape index (κ2) is 6.53. The second-order valence-corrected chi connectivity index (χ2v) is 5.69. The first-order valence-electron chi connectivity index (χ1n) is 6.61. The topological polar surface area (TPSA) is 37.8 Å². The molecule has 0 bridgehead atoms. The third-order valence-electron chi connectivity index (χ3n) is 3.01. The van der Waals surface area contributed by atoms with E-state index in [1.165, 1.54) is 6.20 Å². The van der Waals surface area contributed by atoms with E-state index in [4.69, 9.17) is 0 Å². The maximum absolute atomic E-state index is 12.7. The Kier molecular flexibility index (Phi) is 4.95. The summed E-state index contributed by atoms with van der Waals surface area (Å²) in [5.41, 5.74) is 1.68. The van der Waals surface area contributed by atoms with Crippen LogP contribution in [-0.2, 0) is 6.18 Å². The standard InChI is InChI=1S/C14H16F3N3S/c1-3-6-19-12(10-5-4-7-18-9(10)2)11-8-20-13(21-11)14(15,16)17/h4-5,7-8,12,19H,3,6H2,1-2H3. The molecule has 3 nitrogen and oxygen atoms in total. The number of rotatable bonds is 5. The molecule has 2 rings (SSSR count). The Morgan fingerprint density at radius 1 is 1.33 bits per heavy atom. The van der Waals surface area contributed by atoms with Gasteiger partial charge >= 0.3 is 6.18 Å². The van der Waals surface area contributed by atoms with E-state index >= 15 is 0 Å². The van der Waals surface area contributed by atoms with Crippen molar-refractivity contribution in [2.45, 2.75) is 32.5 Å². The summed E-state index contributed by atoms with van der Waals surface area (Å²) in [5.74, 6) is 0. The maximum atomic E-state index is 12.7. The average Bonchev–Trinajstić information content (AvgIpc) is 2.91. The van der Waals surface area contributed by atoms with Gasteiger partial charge in [-0.25, -0.2) is 4.98 Å². The van der Waals surface area contributed by atoms with Crippen molar-refractivity contribution in [2.24, 2.45) is 0 Å². The van der Waals surface area contributed by atoms with Crippen LogP contribution in [0.4, 0.5) is 13.2 Å². The minimum absolute atomic E-state index is 0.313. The Hall–Kier alpha value is -1.47. The number of nitrogens with zero attached hydrogens (tertiary/aromatic N) is 2. The summed E-state index contributed by atoms with van der Waals surface area (Å²) in [4.78, 5) is 8.26. The molecule has 114 valence electrons. The highest BCUT2D eigenvalue weighted by molar-refractivity contribution is 7.11. The normalized spacial score (nSPS) is 13.4. The first kappa shape index (κ1) is 15.9. The number of halogens is 3. The fourth-order valence-electron chi connectivity index (χ4n) is 2.01. The Morgan fingerprint density at radius 3 is 2.67 bits per heavy atom. The highest BCUT2D eigenvalue weighted by Crippen LogP contribution is 2.36. The van der Waals surface area contributed by atoms with Crippen LogP contribution in [0.15, 0.2) is 24.5 Å². The lowest BCUT2D eigenvalue weighted by Gasteiger charge is -2.18. The van der Waals surface area contributed by atoms with Crippen molar-refractivity contribution in [2.75, 3.05) is 6.54 Å². The maximum Gasteiger partial charge on any atom is 0.443 e. The molecule has 7 heteroatoms. The Bertz CT molecular complexity index is 595. The lowest BCUT2D eigenvalue weighted by Crippen LogP contribution is -2.23. The molecule has 21 heavy (non-hydrogen) atoms. The minimum Gasteiger partial charge on any atom is -0.305 e. The molecule has 0 aromatic carbocycles. The van der Waals surface area contributed by atoms with Gasteiger partial charge in [0.2, 0.25) is 0 Å². The zero-order valence-electron chi connectivity index (χ0n) is 11.7. The van der Waals surface area contributed by atoms with Crippen molar-refractivity contribution in [3.63, 3.8) is 0 Å². The summed E-state index contributed by atoms with van der Waals surface area (Å²) < 4.78 is 38.1. The van der Waals surface area contributed by atoms with Gasteiger partial charge in [0.25, 0.3) is 0 Å². The molecular weight excluding hydrogens is 299 g/mol. The zero-order chi connectivity index (χ0) is 15.5. The van der Waals surface area contributed by atoms with Gasteiger partial charge < -0.3 is 5.32 Å². The predicted molar refractivity (Wildman–Crippen MR) is 76.2 cm³/mol. The van der Waals surface area contributed by atoms with E-state index in [-0.39, 0.29) is 6.04 Å². The molecule has 0 spiro atoms. The molecule has 1 unspecified atom stereocenters. The van der Waals surface area contributed by atoms with Crippen LogP contribution in [0.25, 0.3) is 0 Å². The van der Waals surface area contributed by atoms with Crippen molar-refractivity contribution in [3.8, 4) is 0 Å². The lowest BCUT2D eigenvalue weighted by molar-refractivity contribution is -0.137. The van der Waals surface area contributed by atoms with Gasteiger partial charge in [0, 0.05) is 23.0 Å². The molecule has 0 amide bonds. The molecule has 0 fully saturated rings. The summed E-state index contributed by atoms with van der Waals surface area (Å²) in [6.07, 6.45) is -0.542. The van der Waals surface area contributed by atoms with E-state index in [0.29, 0.717) is 22.8 Å². The van der Waals surface area contributed by atoms with Crippen molar-refractivity contribution in [3.05, 3.63) is 45.7 Å². The quantitative estimate of drug-likeness (QED) is 0.907. The largest absolute Gasteiger partial charge is 0.443 e.